The summed E-state index contributed by atoms with van der Waals surface area (Å²) in [5, 5.41) is 0. The zero-order valence-corrected chi connectivity index (χ0v) is 12.9. The number of hydrogen-bond donors (Lipinski definition) is 1. The summed E-state index contributed by atoms with van der Waals surface area (Å²) >= 11 is 0. The van der Waals surface area contributed by atoms with Crippen molar-refractivity contribution < 1.29 is 0 Å². The van der Waals surface area contributed by atoms with Crippen molar-refractivity contribution in [1.82, 2.24) is 9.80 Å². The average Bonchev–Trinajstić information content (AvgIpc) is 2.48. The van der Waals surface area contributed by atoms with Crippen molar-refractivity contribution in [3.05, 3.63) is 35.4 Å². The third-order valence-electron chi connectivity index (χ3n) is 4.19. The number of nitrogens with two attached hydrogens (primary N) is 1. The van der Waals surface area contributed by atoms with Crippen molar-refractivity contribution in [1.29, 1.82) is 0 Å². The summed E-state index contributed by atoms with van der Waals surface area (Å²) < 4.78 is 0. The van der Waals surface area contributed by atoms with Gasteiger partial charge in [0.25, 0.3) is 0 Å². The first-order chi connectivity index (χ1) is 9.78. The molecule has 1 aliphatic heterocycles. The van der Waals surface area contributed by atoms with E-state index in [2.05, 4.69) is 41.1 Å². The second kappa shape index (κ2) is 8.40. The van der Waals surface area contributed by atoms with E-state index in [1.54, 1.807) is 0 Å². The Kier molecular flexibility index (Phi) is 6.51. The number of aryl methyl sites for hydroxylation is 1. The van der Waals surface area contributed by atoms with E-state index in [-0.39, 0.29) is 0 Å². The molecule has 0 spiro atoms. The van der Waals surface area contributed by atoms with Gasteiger partial charge in [0.1, 0.15) is 0 Å². The number of benzene rings is 1. The van der Waals surface area contributed by atoms with Gasteiger partial charge in [0.15, 0.2) is 0 Å². The van der Waals surface area contributed by atoms with Gasteiger partial charge >= 0.3 is 0 Å². The van der Waals surface area contributed by atoms with Gasteiger partial charge in [-0.1, -0.05) is 30.7 Å². The van der Waals surface area contributed by atoms with Crippen LogP contribution < -0.4 is 5.73 Å². The Balaban J connectivity index is 1.73. The van der Waals surface area contributed by atoms with Crippen molar-refractivity contribution >= 4 is 0 Å². The maximum Gasteiger partial charge on any atom is 0.0234 e. The maximum absolute atomic E-state index is 5.52. The number of piperazine rings is 1. The molecule has 3 nitrogen and oxygen atoms in total. The van der Waals surface area contributed by atoms with Crippen molar-refractivity contribution in [2.45, 2.75) is 32.2 Å². The zero-order chi connectivity index (χ0) is 14.2. The van der Waals surface area contributed by atoms with Crippen LogP contribution >= 0.6 is 0 Å². The predicted molar refractivity (Wildman–Crippen MR) is 85.8 cm³/mol. The Morgan fingerprint density at radius 2 is 1.55 bits per heavy atom. The molecule has 112 valence electrons. The van der Waals surface area contributed by atoms with Crippen LogP contribution in [0.5, 0.6) is 0 Å². The van der Waals surface area contributed by atoms with Crippen LogP contribution in [-0.2, 0) is 13.0 Å². The smallest absolute Gasteiger partial charge is 0.0234 e. The molecule has 1 aromatic rings. The Morgan fingerprint density at radius 3 is 2.20 bits per heavy atom. The van der Waals surface area contributed by atoms with Crippen LogP contribution in [0.4, 0.5) is 0 Å². The predicted octanol–water partition coefficient (Wildman–Crippen LogP) is 2.11. The monoisotopic (exact) mass is 275 g/mol. The van der Waals surface area contributed by atoms with E-state index in [1.165, 1.54) is 56.6 Å². The molecule has 0 aliphatic carbocycles. The van der Waals surface area contributed by atoms with Crippen LogP contribution in [0.1, 0.15) is 30.4 Å². The highest BCUT2D eigenvalue weighted by Gasteiger charge is 2.13. The van der Waals surface area contributed by atoms with E-state index in [1.807, 2.05) is 0 Å². The molecule has 0 atom stereocenters. The number of likely N-dealkylation sites (N-methyl/N-ethyl adjacent to an activating group) is 1. The van der Waals surface area contributed by atoms with Gasteiger partial charge in [-0.3, -0.25) is 4.90 Å². The van der Waals surface area contributed by atoms with E-state index < -0.39 is 0 Å². The molecule has 1 heterocycles. The summed E-state index contributed by atoms with van der Waals surface area (Å²) in [7, 11) is 2.21. The first-order valence-corrected chi connectivity index (χ1v) is 7.97. The molecular formula is C17H29N3. The SMILES string of the molecule is CN1CCN(Cc2ccc(CCCCCN)cc2)CC1. The lowest BCUT2D eigenvalue weighted by atomic mass is 10.0. The first-order valence-electron chi connectivity index (χ1n) is 7.97. The van der Waals surface area contributed by atoms with Crippen molar-refractivity contribution in [2.75, 3.05) is 39.8 Å². The molecule has 0 radical (unpaired) electrons. The molecule has 0 amide bonds. The molecule has 1 fully saturated rings. The first kappa shape index (κ1) is 15.5. The zero-order valence-electron chi connectivity index (χ0n) is 12.9. The van der Waals surface area contributed by atoms with Gasteiger partial charge < -0.3 is 10.6 Å². The highest BCUT2D eigenvalue weighted by atomic mass is 15.2. The average molecular weight is 275 g/mol. The van der Waals surface area contributed by atoms with Crippen LogP contribution in [0, 0.1) is 0 Å². The lowest BCUT2D eigenvalue weighted by molar-refractivity contribution is 0.148. The second-order valence-corrected chi connectivity index (χ2v) is 6.00. The topological polar surface area (TPSA) is 32.5 Å². The third-order valence-corrected chi connectivity index (χ3v) is 4.19. The van der Waals surface area contributed by atoms with Gasteiger partial charge in [-0.25, -0.2) is 0 Å². The van der Waals surface area contributed by atoms with E-state index >= 15 is 0 Å². The molecule has 0 unspecified atom stereocenters. The van der Waals surface area contributed by atoms with E-state index in [9.17, 15) is 0 Å². The van der Waals surface area contributed by atoms with Crippen molar-refractivity contribution in [3.8, 4) is 0 Å². The molecule has 1 aromatic carbocycles. The summed E-state index contributed by atoms with van der Waals surface area (Å²) in [5.41, 5.74) is 8.42. The van der Waals surface area contributed by atoms with E-state index in [4.69, 9.17) is 5.73 Å². The maximum atomic E-state index is 5.52. The fourth-order valence-corrected chi connectivity index (χ4v) is 2.73. The Bertz CT molecular complexity index is 366. The Hall–Kier alpha value is -0.900. The lowest BCUT2D eigenvalue weighted by Gasteiger charge is -2.32. The van der Waals surface area contributed by atoms with Gasteiger partial charge in [-0.15, -0.1) is 0 Å². The van der Waals surface area contributed by atoms with Crippen LogP contribution in [0.15, 0.2) is 24.3 Å². The Labute approximate surface area is 123 Å². The van der Waals surface area contributed by atoms with Gasteiger partial charge in [-0.2, -0.15) is 0 Å². The molecule has 1 saturated heterocycles. The van der Waals surface area contributed by atoms with Crippen molar-refractivity contribution in [3.63, 3.8) is 0 Å². The van der Waals surface area contributed by atoms with Gasteiger partial charge in [0, 0.05) is 32.7 Å². The summed E-state index contributed by atoms with van der Waals surface area (Å²) in [6, 6.07) is 9.20. The molecule has 1 aliphatic rings. The number of rotatable bonds is 7. The summed E-state index contributed by atoms with van der Waals surface area (Å²) in [4.78, 5) is 4.96. The minimum Gasteiger partial charge on any atom is -0.330 e. The third kappa shape index (κ3) is 5.23. The molecule has 2 N–H and O–H groups in total. The fourth-order valence-electron chi connectivity index (χ4n) is 2.73. The van der Waals surface area contributed by atoms with E-state index in [0.717, 1.165) is 19.5 Å². The quantitative estimate of drug-likeness (QED) is 0.774. The number of nitrogens with zero attached hydrogens (tertiary/aromatic N) is 2. The summed E-state index contributed by atoms with van der Waals surface area (Å²) in [5.74, 6) is 0. The van der Waals surface area contributed by atoms with Crippen molar-refractivity contribution in [2.24, 2.45) is 5.73 Å². The summed E-state index contributed by atoms with van der Waals surface area (Å²) in [6.45, 7) is 6.69. The molecule has 20 heavy (non-hydrogen) atoms. The highest BCUT2D eigenvalue weighted by molar-refractivity contribution is 5.22. The normalized spacial score (nSPS) is 17.5. The van der Waals surface area contributed by atoms with Gasteiger partial charge in [0.2, 0.25) is 0 Å². The van der Waals surface area contributed by atoms with E-state index in [0.29, 0.717) is 0 Å². The second-order valence-electron chi connectivity index (χ2n) is 6.00. The molecule has 3 heteroatoms. The van der Waals surface area contributed by atoms with Crippen LogP contribution in [-0.4, -0.2) is 49.6 Å². The molecular weight excluding hydrogens is 246 g/mol. The summed E-state index contributed by atoms with van der Waals surface area (Å²) in [6.07, 6.45) is 4.85. The minimum atomic E-state index is 0.823. The lowest BCUT2D eigenvalue weighted by Crippen LogP contribution is -2.43. The minimum absolute atomic E-state index is 0.823. The van der Waals surface area contributed by atoms with Crippen LogP contribution in [0.3, 0.4) is 0 Å². The standard InChI is InChI=1S/C17H29N3/c1-19-11-13-20(14-12-19)15-17-8-6-16(7-9-17)5-3-2-4-10-18/h6-9H,2-5,10-15,18H2,1H3. The molecule has 0 bridgehead atoms. The highest BCUT2D eigenvalue weighted by Crippen LogP contribution is 2.11. The van der Waals surface area contributed by atoms with Crippen LogP contribution in [0.25, 0.3) is 0 Å². The van der Waals surface area contributed by atoms with Gasteiger partial charge in [-0.05, 0) is 44.0 Å². The Morgan fingerprint density at radius 1 is 0.900 bits per heavy atom. The number of hydrogen-bond acceptors (Lipinski definition) is 3. The number of unbranched alkanes of at least 4 members (excludes halogenated alkanes) is 2. The van der Waals surface area contributed by atoms with Gasteiger partial charge in [0.05, 0.1) is 0 Å². The molecule has 0 aromatic heterocycles. The largest absolute Gasteiger partial charge is 0.330 e. The molecule has 2 rings (SSSR count). The van der Waals surface area contributed by atoms with Crippen LogP contribution in [0.2, 0.25) is 0 Å². The fraction of sp³-hybridized carbons (Fsp3) is 0.647. The molecule has 0 saturated carbocycles.